The zero-order valence-electron chi connectivity index (χ0n) is 11.1. The van der Waals surface area contributed by atoms with E-state index < -0.39 is 5.54 Å². The third-order valence-electron chi connectivity index (χ3n) is 3.90. The van der Waals surface area contributed by atoms with Gasteiger partial charge in [0.1, 0.15) is 0 Å². The number of piperidine rings is 1. The smallest absolute Gasteiger partial charge is 0.0608 e. The maximum Gasteiger partial charge on any atom is 0.0608 e. The van der Waals surface area contributed by atoms with Crippen molar-refractivity contribution in [3.8, 4) is 0 Å². The molecule has 16 heavy (non-hydrogen) atoms. The third-order valence-corrected chi connectivity index (χ3v) is 3.90. The molecule has 3 heteroatoms. The second-order valence-electron chi connectivity index (χ2n) is 5.78. The highest BCUT2D eigenvalue weighted by Crippen LogP contribution is 2.23. The molecule has 1 aliphatic rings. The van der Waals surface area contributed by atoms with Gasteiger partial charge in [0.2, 0.25) is 0 Å². The lowest BCUT2D eigenvalue weighted by Crippen LogP contribution is -2.45. The lowest BCUT2D eigenvalue weighted by Gasteiger charge is -2.39. The fraction of sp³-hybridized carbons (Fsp3) is 1.00. The summed E-state index contributed by atoms with van der Waals surface area (Å²) >= 11 is 0. The van der Waals surface area contributed by atoms with Crippen molar-refractivity contribution in [2.75, 3.05) is 13.2 Å². The Bertz CT molecular complexity index is 196. The molecule has 0 aromatic carbocycles. The van der Waals surface area contributed by atoms with Gasteiger partial charge in [0.15, 0.2) is 0 Å². The molecule has 3 unspecified atom stereocenters. The van der Waals surface area contributed by atoms with Crippen LogP contribution in [0.3, 0.4) is 0 Å². The van der Waals surface area contributed by atoms with Crippen molar-refractivity contribution in [1.82, 2.24) is 4.90 Å². The van der Waals surface area contributed by atoms with Crippen LogP contribution in [0.25, 0.3) is 0 Å². The minimum absolute atomic E-state index is 0.0815. The number of nitrogens with two attached hydrogens (primary N) is 1. The molecule has 1 heterocycles. The van der Waals surface area contributed by atoms with Gasteiger partial charge in [0.25, 0.3) is 0 Å². The Morgan fingerprint density at radius 3 is 2.38 bits per heavy atom. The van der Waals surface area contributed by atoms with Gasteiger partial charge in [-0.2, -0.15) is 0 Å². The van der Waals surface area contributed by atoms with Crippen LogP contribution in [0.5, 0.6) is 0 Å². The highest BCUT2D eigenvalue weighted by Gasteiger charge is 2.25. The Balaban J connectivity index is 2.30. The SMILES string of the molecule is CC1CCCC(C)N1CCCC(C)(N)CO. The minimum atomic E-state index is -0.401. The van der Waals surface area contributed by atoms with Crippen LogP contribution in [-0.4, -0.2) is 40.8 Å². The second-order valence-corrected chi connectivity index (χ2v) is 5.78. The first kappa shape index (κ1) is 13.9. The first-order valence-electron chi connectivity index (χ1n) is 6.62. The quantitative estimate of drug-likeness (QED) is 0.753. The van der Waals surface area contributed by atoms with Crippen molar-refractivity contribution in [2.45, 2.75) is 70.5 Å². The van der Waals surface area contributed by atoms with E-state index in [1.54, 1.807) is 0 Å². The zero-order valence-corrected chi connectivity index (χ0v) is 11.1. The number of aliphatic hydroxyl groups is 1. The molecule has 1 rings (SSSR count). The summed E-state index contributed by atoms with van der Waals surface area (Å²) in [5.74, 6) is 0. The van der Waals surface area contributed by atoms with Crippen molar-refractivity contribution in [3.05, 3.63) is 0 Å². The van der Waals surface area contributed by atoms with Crippen LogP contribution < -0.4 is 5.73 Å². The Labute approximate surface area is 100 Å². The summed E-state index contributed by atoms with van der Waals surface area (Å²) in [6.07, 6.45) is 6.00. The second kappa shape index (κ2) is 5.99. The Morgan fingerprint density at radius 1 is 1.31 bits per heavy atom. The predicted octanol–water partition coefficient (Wildman–Crippen LogP) is 1.74. The van der Waals surface area contributed by atoms with E-state index in [0.717, 1.165) is 19.4 Å². The van der Waals surface area contributed by atoms with Crippen LogP contribution in [0, 0.1) is 0 Å². The van der Waals surface area contributed by atoms with Crippen molar-refractivity contribution >= 4 is 0 Å². The fourth-order valence-corrected chi connectivity index (χ4v) is 2.66. The number of aliphatic hydroxyl groups excluding tert-OH is 1. The molecule has 1 fully saturated rings. The molecule has 0 aliphatic carbocycles. The fourth-order valence-electron chi connectivity index (χ4n) is 2.66. The average Bonchev–Trinajstić information content (AvgIpc) is 2.22. The van der Waals surface area contributed by atoms with Gasteiger partial charge in [-0.1, -0.05) is 6.42 Å². The molecular weight excluding hydrogens is 200 g/mol. The standard InChI is InChI=1S/C13H28N2O/c1-11-6-4-7-12(2)15(11)9-5-8-13(3,14)10-16/h11-12,16H,4-10,14H2,1-3H3. The summed E-state index contributed by atoms with van der Waals surface area (Å²) in [6, 6.07) is 1.42. The Kier molecular flexibility index (Phi) is 5.22. The van der Waals surface area contributed by atoms with Crippen LogP contribution in [-0.2, 0) is 0 Å². The molecule has 0 aromatic heterocycles. The Hall–Kier alpha value is -0.120. The van der Waals surface area contributed by atoms with Gasteiger partial charge >= 0.3 is 0 Å². The summed E-state index contributed by atoms with van der Waals surface area (Å²) in [5.41, 5.74) is 5.53. The third kappa shape index (κ3) is 4.04. The van der Waals surface area contributed by atoms with E-state index >= 15 is 0 Å². The minimum Gasteiger partial charge on any atom is -0.394 e. The Morgan fingerprint density at radius 2 is 1.88 bits per heavy atom. The van der Waals surface area contributed by atoms with Gasteiger partial charge in [-0.15, -0.1) is 0 Å². The molecule has 3 atom stereocenters. The van der Waals surface area contributed by atoms with Crippen LogP contribution in [0.2, 0.25) is 0 Å². The molecule has 0 spiro atoms. The summed E-state index contributed by atoms with van der Waals surface area (Å²) in [6.45, 7) is 7.77. The van der Waals surface area contributed by atoms with E-state index in [1.165, 1.54) is 19.3 Å². The lowest BCUT2D eigenvalue weighted by molar-refractivity contribution is 0.0961. The monoisotopic (exact) mass is 228 g/mol. The van der Waals surface area contributed by atoms with Crippen molar-refractivity contribution in [1.29, 1.82) is 0 Å². The predicted molar refractivity (Wildman–Crippen MR) is 68.4 cm³/mol. The van der Waals surface area contributed by atoms with E-state index in [-0.39, 0.29) is 6.61 Å². The average molecular weight is 228 g/mol. The van der Waals surface area contributed by atoms with Gasteiger partial charge in [0.05, 0.1) is 6.61 Å². The van der Waals surface area contributed by atoms with Gasteiger partial charge in [-0.05, 0) is 53.0 Å². The van der Waals surface area contributed by atoms with E-state index in [9.17, 15) is 0 Å². The van der Waals surface area contributed by atoms with Crippen molar-refractivity contribution < 1.29 is 5.11 Å². The normalized spacial score (nSPS) is 31.3. The van der Waals surface area contributed by atoms with Crippen LogP contribution in [0.1, 0.15) is 52.9 Å². The number of rotatable bonds is 5. The zero-order chi connectivity index (χ0) is 12.2. The first-order chi connectivity index (χ1) is 7.46. The number of hydrogen-bond acceptors (Lipinski definition) is 3. The van der Waals surface area contributed by atoms with Gasteiger partial charge in [0, 0.05) is 17.6 Å². The summed E-state index contributed by atoms with van der Waals surface area (Å²) in [5, 5.41) is 9.10. The van der Waals surface area contributed by atoms with E-state index in [0.29, 0.717) is 12.1 Å². The number of nitrogens with zero attached hydrogens (tertiary/aromatic N) is 1. The van der Waals surface area contributed by atoms with Crippen molar-refractivity contribution in [3.63, 3.8) is 0 Å². The van der Waals surface area contributed by atoms with Gasteiger partial charge in [-0.25, -0.2) is 0 Å². The highest BCUT2D eigenvalue weighted by atomic mass is 16.3. The molecular formula is C13H28N2O. The van der Waals surface area contributed by atoms with Gasteiger partial charge in [-0.3, -0.25) is 4.90 Å². The molecule has 0 saturated carbocycles. The van der Waals surface area contributed by atoms with E-state index in [2.05, 4.69) is 18.7 Å². The molecule has 3 N–H and O–H groups in total. The maximum absolute atomic E-state index is 9.10. The first-order valence-corrected chi connectivity index (χ1v) is 6.62. The molecule has 0 radical (unpaired) electrons. The highest BCUT2D eigenvalue weighted by molar-refractivity contribution is 4.82. The van der Waals surface area contributed by atoms with Crippen LogP contribution >= 0.6 is 0 Å². The molecule has 1 saturated heterocycles. The van der Waals surface area contributed by atoms with E-state index in [1.807, 2.05) is 6.92 Å². The number of hydrogen-bond donors (Lipinski definition) is 2. The van der Waals surface area contributed by atoms with Crippen LogP contribution in [0.15, 0.2) is 0 Å². The number of likely N-dealkylation sites (tertiary alicyclic amines) is 1. The summed E-state index contributed by atoms with van der Waals surface area (Å²) in [4.78, 5) is 2.59. The van der Waals surface area contributed by atoms with Gasteiger partial charge < -0.3 is 10.8 Å². The summed E-state index contributed by atoms with van der Waals surface area (Å²) < 4.78 is 0. The van der Waals surface area contributed by atoms with E-state index in [4.69, 9.17) is 10.8 Å². The molecule has 96 valence electrons. The molecule has 0 bridgehead atoms. The molecule has 0 aromatic rings. The van der Waals surface area contributed by atoms with Crippen LogP contribution in [0.4, 0.5) is 0 Å². The molecule has 0 amide bonds. The maximum atomic E-state index is 9.10. The summed E-state index contributed by atoms with van der Waals surface area (Å²) in [7, 11) is 0. The topological polar surface area (TPSA) is 49.5 Å². The molecule has 3 nitrogen and oxygen atoms in total. The molecule has 1 aliphatic heterocycles. The lowest BCUT2D eigenvalue weighted by atomic mass is 9.95. The van der Waals surface area contributed by atoms with Crippen molar-refractivity contribution in [2.24, 2.45) is 5.73 Å². The largest absolute Gasteiger partial charge is 0.394 e.